The molecule has 0 aromatic heterocycles. The van der Waals surface area contributed by atoms with Gasteiger partial charge in [-0.2, -0.15) is 5.26 Å². The van der Waals surface area contributed by atoms with Crippen molar-refractivity contribution in [2.45, 2.75) is 46.0 Å². The molecule has 3 nitrogen and oxygen atoms in total. The lowest BCUT2D eigenvalue weighted by molar-refractivity contribution is -0.121. The second kappa shape index (κ2) is 6.38. The molecule has 1 N–H and O–H groups in total. The van der Waals surface area contributed by atoms with Crippen LogP contribution in [0.1, 0.15) is 43.4 Å². The van der Waals surface area contributed by atoms with E-state index in [9.17, 15) is 4.79 Å². The number of rotatable bonds is 5. The maximum atomic E-state index is 11.6. The molecule has 1 aromatic rings. The highest BCUT2D eigenvalue weighted by Crippen LogP contribution is 2.26. The number of benzene rings is 1. The summed E-state index contributed by atoms with van der Waals surface area (Å²) < 4.78 is 0. The van der Waals surface area contributed by atoms with Crippen LogP contribution in [-0.4, -0.2) is 12.5 Å². The van der Waals surface area contributed by atoms with Crippen LogP contribution in [0.15, 0.2) is 18.2 Å². The largest absolute Gasteiger partial charge is 0.355 e. The van der Waals surface area contributed by atoms with Crippen molar-refractivity contribution in [2.24, 2.45) is 0 Å². The van der Waals surface area contributed by atoms with Crippen molar-refractivity contribution in [3.05, 3.63) is 34.9 Å². The number of hydrogen-bond acceptors (Lipinski definition) is 2. The standard InChI is InChI=1S/C16H22N2O/c1-12-7-8-13(2)14(10-12)16(3,4)11-18-15(19)6-5-9-17/h7-8,10H,5-6,11H2,1-4H3,(H,18,19). The summed E-state index contributed by atoms with van der Waals surface area (Å²) in [6.07, 6.45) is 0.551. The van der Waals surface area contributed by atoms with E-state index in [0.717, 1.165) is 0 Å². The quantitative estimate of drug-likeness (QED) is 0.882. The first-order valence-electron chi connectivity index (χ1n) is 6.58. The smallest absolute Gasteiger partial charge is 0.221 e. The number of carbonyl (C=O) groups is 1. The Labute approximate surface area is 115 Å². The summed E-state index contributed by atoms with van der Waals surface area (Å²) in [6.45, 7) is 9.00. The van der Waals surface area contributed by atoms with E-state index < -0.39 is 0 Å². The molecule has 19 heavy (non-hydrogen) atoms. The van der Waals surface area contributed by atoms with Gasteiger partial charge in [-0.1, -0.05) is 37.6 Å². The van der Waals surface area contributed by atoms with E-state index in [4.69, 9.17) is 5.26 Å². The average Bonchev–Trinajstić information content (AvgIpc) is 2.36. The van der Waals surface area contributed by atoms with Crippen LogP contribution in [0.3, 0.4) is 0 Å². The lowest BCUT2D eigenvalue weighted by Crippen LogP contribution is -2.37. The molecule has 0 unspecified atom stereocenters. The Balaban J connectivity index is 2.73. The van der Waals surface area contributed by atoms with Crippen molar-refractivity contribution in [2.75, 3.05) is 6.54 Å². The summed E-state index contributed by atoms with van der Waals surface area (Å²) >= 11 is 0. The van der Waals surface area contributed by atoms with Gasteiger partial charge in [-0.15, -0.1) is 0 Å². The zero-order chi connectivity index (χ0) is 14.5. The molecule has 0 aliphatic carbocycles. The zero-order valence-electron chi connectivity index (χ0n) is 12.2. The Hall–Kier alpha value is -1.82. The second-order valence-corrected chi connectivity index (χ2v) is 5.64. The van der Waals surface area contributed by atoms with E-state index in [1.54, 1.807) is 0 Å². The molecule has 1 aromatic carbocycles. The molecule has 1 amide bonds. The normalized spacial score (nSPS) is 10.9. The van der Waals surface area contributed by atoms with E-state index in [1.807, 2.05) is 6.07 Å². The van der Waals surface area contributed by atoms with Crippen LogP contribution in [0.2, 0.25) is 0 Å². The van der Waals surface area contributed by atoms with Crippen LogP contribution in [0.25, 0.3) is 0 Å². The highest BCUT2D eigenvalue weighted by molar-refractivity contribution is 5.76. The fourth-order valence-electron chi connectivity index (χ4n) is 2.14. The van der Waals surface area contributed by atoms with Gasteiger partial charge in [-0.25, -0.2) is 0 Å². The molecule has 0 fully saturated rings. The second-order valence-electron chi connectivity index (χ2n) is 5.64. The first-order chi connectivity index (χ1) is 8.86. The van der Waals surface area contributed by atoms with E-state index in [-0.39, 0.29) is 24.2 Å². The summed E-state index contributed by atoms with van der Waals surface area (Å²) in [5, 5.41) is 11.4. The third kappa shape index (κ3) is 4.40. The van der Waals surface area contributed by atoms with Crippen molar-refractivity contribution in [3.8, 4) is 6.07 Å². The molecule has 0 aliphatic rings. The Morgan fingerprint density at radius 1 is 1.37 bits per heavy atom. The van der Waals surface area contributed by atoms with Gasteiger partial charge in [0.05, 0.1) is 6.07 Å². The maximum absolute atomic E-state index is 11.6. The van der Waals surface area contributed by atoms with E-state index >= 15 is 0 Å². The van der Waals surface area contributed by atoms with Crippen molar-refractivity contribution in [1.82, 2.24) is 5.32 Å². The van der Waals surface area contributed by atoms with Crippen molar-refractivity contribution >= 4 is 5.91 Å². The molecule has 0 radical (unpaired) electrons. The molecular weight excluding hydrogens is 236 g/mol. The van der Waals surface area contributed by atoms with Gasteiger partial charge in [0.2, 0.25) is 5.91 Å². The monoisotopic (exact) mass is 258 g/mol. The third-order valence-corrected chi connectivity index (χ3v) is 3.31. The molecule has 0 atom stereocenters. The average molecular weight is 258 g/mol. The van der Waals surface area contributed by atoms with Crippen LogP contribution in [0.5, 0.6) is 0 Å². The summed E-state index contributed by atoms with van der Waals surface area (Å²) in [5.74, 6) is -0.0556. The van der Waals surface area contributed by atoms with Gasteiger partial charge < -0.3 is 5.32 Å². The molecule has 1 rings (SSSR count). The summed E-state index contributed by atoms with van der Waals surface area (Å²) in [5.41, 5.74) is 3.61. The molecule has 0 saturated heterocycles. The Kier molecular flexibility index (Phi) is 5.11. The molecule has 0 bridgehead atoms. The first-order valence-corrected chi connectivity index (χ1v) is 6.58. The molecule has 0 aliphatic heterocycles. The van der Waals surface area contributed by atoms with Gasteiger partial charge in [-0.05, 0) is 25.0 Å². The fraction of sp³-hybridized carbons (Fsp3) is 0.500. The minimum atomic E-state index is -0.113. The molecule has 102 valence electrons. The summed E-state index contributed by atoms with van der Waals surface area (Å²) in [6, 6.07) is 8.37. The number of carbonyl (C=O) groups excluding carboxylic acids is 1. The Morgan fingerprint density at radius 3 is 2.68 bits per heavy atom. The molecule has 0 saturated carbocycles. The molecule has 3 heteroatoms. The van der Waals surface area contributed by atoms with Crippen molar-refractivity contribution in [1.29, 1.82) is 5.26 Å². The predicted molar refractivity (Wildman–Crippen MR) is 76.8 cm³/mol. The minimum Gasteiger partial charge on any atom is -0.355 e. The lowest BCUT2D eigenvalue weighted by atomic mass is 9.81. The van der Waals surface area contributed by atoms with E-state index in [1.165, 1.54) is 16.7 Å². The number of hydrogen-bond donors (Lipinski definition) is 1. The van der Waals surface area contributed by atoms with Crippen LogP contribution < -0.4 is 5.32 Å². The van der Waals surface area contributed by atoms with Gasteiger partial charge in [-0.3, -0.25) is 4.79 Å². The number of nitrogens with zero attached hydrogens (tertiary/aromatic N) is 1. The summed E-state index contributed by atoms with van der Waals surface area (Å²) in [7, 11) is 0. The van der Waals surface area contributed by atoms with Gasteiger partial charge >= 0.3 is 0 Å². The fourth-order valence-corrected chi connectivity index (χ4v) is 2.14. The summed E-state index contributed by atoms with van der Waals surface area (Å²) in [4.78, 5) is 11.6. The zero-order valence-corrected chi connectivity index (χ0v) is 12.2. The van der Waals surface area contributed by atoms with Gasteiger partial charge in [0.15, 0.2) is 0 Å². The molecular formula is C16H22N2O. The maximum Gasteiger partial charge on any atom is 0.221 e. The number of nitriles is 1. The van der Waals surface area contributed by atoms with Crippen molar-refractivity contribution in [3.63, 3.8) is 0 Å². The first kappa shape index (κ1) is 15.2. The minimum absolute atomic E-state index is 0.0556. The highest BCUT2D eigenvalue weighted by atomic mass is 16.1. The van der Waals surface area contributed by atoms with Crippen LogP contribution in [-0.2, 0) is 10.2 Å². The van der Waals surface area contributed by atoms with E-state index in [0.29, 0.717) is 6.54 Å². The lowest BCUT2D eigenvalue weighted by Gasteiger charge is -2.28. The van der Waals surface area contributed by atoms with Crippen LogP contribution in [0, 0.1) is 25.2 Å². The SMILES string of the molecule is Cc1ccc(C)c(C(C)(C)CNC(=O)CCC#N)c1. The van der Waals surface area contributed by atoms with Crippen LogP contribution in [0.4, 0.5) is 0 Å². The molecule has 0 heterocycles. The number of amides is 1. The van der Waals surface area contributed by atoms with E-state index in [2.05, 4.69) is 51.2 Å². The van der Waals surface area contributed by atoms with Crippen molar-refractivity contribution < 1.29 is 4.79 Å². The Morgan fingerprint density at radius 2 is 2.05 bits per heavy atom. The predicted octanol–water partition coefficient (Wildman–Crippen LogP) is 3.00. The topological polar surface area (TPSA) is 52.9 Å². The van der Waals surface area contributed by atoms with Crippen LogP contribution >= 0.6 is 0 Å². The van der Waals surface area contributed by atoms with Gasteiger partial charge in [0.25, 0.3) is 0 Å². The number of nitrogens with one attached hydrogen (secondary N) is 1. The molecule has 0 spiro atoms. The van der Waals surface area contributed by atoms with Gasteiger partial charge in [0.1, 0.15) is 0 Å². The van der Waals surface area contributed by atoms with Gasteiger partial charge in [0, 0.05) is 24.8 Å². The number of aryl methyl sites for hydroxylation is 2. The highest BCUT2D eigenvalue weighted by Gasteiger charge is 2.23. The third-order valence-electron chi connectivity index (χ3n) is 3.31. The Bertz CT molecular complexity index is 498.